The molecular weight excluding hydrogens is 247 g/mol. The Hall–Kier alpha value is -0.840. The first kappa shape index (κ1) is 11.3. The van der Waals surface area contributed by atoms with Crippen LogP contribution in [-0.4, -0.2) is 12.3 Å². The van der Waals surface area contributed by atoms with Gasteiger partial charge in [-0.15, -0.1) is 0 Å². The Morgan fingerprint density at radius 2 is 1.82 bits per heavy atom. The molecule has 2 aromatic carbocycles. The van der Waals surface area contributed by atoms with Crippen molar-refractivity contribution in [3.05, 3.63) is 54.1 Å². The van der Waals surface area contributed by atoms with Crippen LogP contribution < -0.4 is 5.30 Å². The van der Waals surface area contributed by atoms with Crippen molar-refractivity contribution >= 4 is 33.9 Å². The molecule has 1 heterocycles. The van der Waals surface area contributed by atoms with Gasteiger partial charge in [0, 0.05) is 5.39 Å². The van der Waals surface area contributed by atoms with E-state index in [2.05, 4.69) is 55.5 Å². The SMILES string of the molecule is CC1=CC[P+](Cl)(c2cccc3ccccc23)C1. The predicted octanol–water partition coefficient (Wildman–Crippen LogP) is 4.60. The second-order valence-electron chi connectivity index (χ2n) is 4.75. The minimum Gasteiger partial charge on any atom is -0.0616 e. The van der Waals surface area contributed by atoms with Crippen molar-refractivity contribution in [2.45, 2.75) is 6.92 Å². The number of allylic oxidation sites excluding steroid dienone is 2. The van der Waals surface area contributed by atoms with Crippen LogP contribution in [0, 0.1) is 0 Å². The van der Waals surface area contributed by atoms with Gasteiger partial charge in [0.2, 0.25) is 0 Å². The first-order chi connectivity index (χ1) is 8.19. The van der Waals surface area contributed by atoms with Crippen molar-refractivity contribution in [1.82, 2.24) is 0 Å². The van der Waals surface area contributed by atoms with E-state index in [9.17, 15) is 0 Å². The average Bonchev–Trinajstić information content (AvgIpc) is 2.70. The Bertz CT molecular complexity index is 597. The van der Waals surface area contributed by atoms with Crippen LogP contribution in [0.1, 0.15) is 6.92 Å². The molecule has 0 saturated carbocycles. The highest BCUT2D eigenvalue weighted by molar-refractivity contribution is 8.05. The molecule has 0 aromatic heterocycles. The summed E-state index contributed by atoms with van der Waals surface area (Å²) in [6, 6.07) is 15.1. The molecule has 0 nitrogen and oxygen atoms in total. The molecule has 86 valence electrons. The summed E-state index contributed by atoms with van der Waals surface area (Å²) in [4.78, 5) is 0. The topological polar surface area (TPSA) is 0 Å². The van der Waals surface area contributed by atoms with Crippen LogP contribution in [0.15, 0.2) is 54.1 Å². The van der Waals surface area contributed by atoms with Gasteiger partial charge < -0.3 is 0 Å². The molecule has 0 aliphatic carbocycles. The van der Waals surface area contributed by atoms with E-state index in [1.807, 2.05) is 0 Å². The summed E-state index contributed by atoms with van der Waals surface area (Å²) >= 11 is 6.93. The summed E-state index contributed by atoms with van der Waals surface area (Å²) in [5.41, 5.74) is 1.45. The van der Waals surface area contributed by atoms with Gasteiger partial charge in [0.05, 0.1) is 17.4 Å². The minimum atomic E-state index is -1.49. The number of rotatable bonds is 1. The molecule has 1 atom stereocenters. The molecule has 1 aliphatic rings. The lowest BCUT2D eigenvalue weighted by Gasteiger charge is -2.15. The Kier molecular flexibility index (Phi) is 2.73. The zero-order chi connectivity index (χ0) is 11.9. The molecular formula is C15H15ClP+. The van der Waals surface area contributed by atoms with Gasteiger partial charge in [0.15, 0.2) is 6.62 Å². The number of benzene rings is 2. The second-order valence-corrected chi connectivity index (χ2v) is 9.58. The molecule has 0 N–H and O–H groups in total. The smallest absolute Gasteiger partial charge is 0.0616 e. The lowest BCUT2D eigenvalue weighted by atomic mass is 10.1. The molecule has 0 spiro atoms. The molecule has 1 unspecified atom stereocenters. The second kappa shape index (κ2) is 4.12. The summed E-state index contributed by atoms with van der Waals surface area (Å²) < 4.78 is 0. The van der Waals surface area contributed by atoms with Crippen molar-refractivity contribution in [3.8, 4) is 0 Å². The molecule has 0 radical (unpaired) electrons. The molecule has 3 rings (SSSR count). The van der Waals surface area contributed by atoms with Gasteiger partial charge in [0.1, 0.15) is 11.5 Å². The molecule has 17 heavy (non-hydrogen) atoms. The quantitative estimate of drug-likeness (QED) is 0.520. The van der Waals surface area contributed by atoms with E-state index in [4.69, 9.17) is 11.2 Å². The van der Waals surface area contributed by atoms with Gasteiger partial charge in [-0.3, -0.25) is 0 Å². The predicted molar refractivity (Wildman–Crippen MR) is 79.8 cm³/mol. The molecule has 0 bridgehead atoms. The van der Waals surface area contributed by atoms with Crippen LogP contribution in [0.4, 0.5) is 0 Å². The van der Waals surface area contributed by atoms with Crippen LogP contribution >= 0.6 is 17.9 Å². The minimum absolute atomic E-state index is 1.05. The van der Waals surface area contributed by atoms with Gasteiger partial charge in [0.25, 0.3) is 0 Å². The van der Waals surface area contributed by atoms with Crippen LogP contribution in [0.3, 0.4) is 0 Å². The highest BCUT2D eigenvalue weighted by atomic mass is 35.7. The summed E-state index contributed by atoms with van der Waals surface area (Å²) in [6.07, 6.45) is 4.43. The molecule has 2 aromatic rings. The van der Waals surface area contributed by atoms with E-state index in [-0.39, 0.29) is 0 Å². The fourth-order valence-electron chi connectivity index (χ4n) is 2.57. The standard InChI is InChI=1S/C15H15ClP/c1-12-9-10-17(16,11-12)15-8-4-6-13-5-2-3-7-14(13)15/h2-9H,10-11H2,1H3/q+1. The molecule has 0 fully saturated rings. The third-order valence-corrected chi connectivity index (χ3v) is 7.76. The fourth-order valence-corrected chi connectivity index (χ4v) is 6.79. The van der Waals surface area contributed by atoms with Crippen molar-refractivity contribution in [3.63, 3.8) is 0 Å². The first-order valence-electron chi connectivity index (χ1n) is 5.90. The number of hydrogen-bond donors (Lipinski definition) is 0. The first-order valence-corrected chi connectivity index (χ1v) is 8.96. The maximum Gasteiger partial charge on any atom is 0.154 e. The summed E-state index contributed by atoms with van der Waals surface area (Å²) in [6.45, 7) is 0.695. The van der Waals surface area contributed by atoms with E-state index < -0.39 is 6.62 Å². The molecule has 0 amide bonds. The third-order valence-electron chi connectivity index (χ3n) is 3.43. The highest BCUT2D eigenvalue weighted by Gasteiger charge is 2.43. The highest BCUT2D eigenvalue weighted by Crippen LogP contribution is 2.67. The Balaban J connectivity index is 2.18. The van der Waals surface area contributed by atoms with Gasteiger partial charge in [-0.1, -0.05) is 36.4 Å². The Morgan fingerprint density at radius 1 is 1.06 bits per heavy atom. The van der Waals surface area contributed by atoms with E-state index >= 15 is 0 Å². The fraction of sp³-hybridized carbons (Fsp3) is 0.200. The van der Waals surface area contributed by atoms with Crippen molar-refractivity contribution < 1.29 is 0 Å². The monoisotopic (exact) mass is 261 g/mol. The molecule has 0 saturated heterocycles. The van der Waals surface area contributed by atoms with Crippen LogP contribution in [0.5, 0.6) is 0 Å². The number of fused-ring (bicyclic) bond motifs is 1. The van der Waals surface area contributed by atoms with Gasteiger partial charge in [-0.05, 0) is 30.0 Å². The molecule has 1 aliphatic heterocycles. The maximum atomic E-state index is 6.93. The normalized spacial score (nSPS) is 24.0. The van der Waals surface area contributed by atoms with Crippen molar-refractivity contribution in [2.24, 2.45) is 0 Å². The lowest BCUT2D eigenvalue weighted by Crippen LogP contribution is -2.10. The Morgan fingerprint density at radius 3 is 2.59 bits per heavy atom. The Labute approximate surface area is 107 Å². The third kappa shape index (κ3) is 1.90. The van der Waals surface area contributed by atoms with Crippen molar-refractivity contribution in [2.75, 3.05) is 12.3 Å². The van der Waals surface area contributed by atoms with Crippen LogP contribution in [0.25, 0.3) is 10.8 Å². The maximum absolute atomic E-state index is 6.93. The largest absolute Gasteiger partial charge is 0.154 e. The van der Waals surface area contributed by atoms with Crippen LogP contribution in [0.2, 0.25) is 0 Å². The van der Waals surface area contributed by atoms with Crippen molar-refractivity contribution in [1.29, 1.82) is 0 Å². The molecule has 2 heteroatoms. The van der Waals surface area contributed by atoms with Crippen LogP contribution in [-0.2, 0) is 0 Å². The van der Waals surface area contributed by atoms with E-state index in [0.29, 0.717) is 0 Å². The average molecular weight is 262 g/mol. The van der Waals surface area contributed by atoms with Gasteiger partial charge >= 0.3 is 0 Å². The number of halogens is 1. The van der Waals surface area contributed by atoms with E-state index in [0.717, 1.165) is 12.3 Å². The number of hydrogen-bond acceptors (Lipinski definition) is 0. The summed E-state index contributed by atoms with van der Waals surface area (Å²) in [5.74, 6) is 0. The van der Waals surface area contributed by atoms with E-state index in [1.54, 1.807) is 0 Å². The summed E-state index contributed by atoms with van der Waals surface area (Å²) in [5, 5.41) is 4.02. The zero-order valence-electron chi connectivity index (χ0n) is 9.86. The lowest BCUT2D eigenvalue weighted by molar-refractivity contribution is 1.42. The van der Waals surface area contributed by atoms with E-state index in [1.165, 1.54) is 21.7 Å². The van der Waals surface area contributed by atoms with Gasteiger partial charge in [-0.25, -0.2) is 0 Å². The zero-order valence-corrected chi connectivity index (χ0v) is 11.5. The van der Waals surface area contributed by atoms with Gasteiger partial charge in [-0.2, -0.15) is 0 Å². The summed E-state index contributed by atoms with van der Waals surface area (Å²) in [7, 11) is 0.